The molecule has 0 amide bonds. The van der Waals surface area contributed by atoms with Crippen LogP contribution < -0.4 is 4.72 Å². The molecule has 5 heteroatoms. The van der Waals surface area contributed by atoms with E-state index in [-0.39, 0.29) is 5.75 Å². The fourth-order valence-corrected chi connectivity index (χ4v) is 2.53. The molecule has 0 unspecified atom stereocenters. The van der Waals surface area contributed by atoms with Crippen molar-refractivity contribution in [2.75, 3.05) is 10.5 Å². The molecule has 0 bridgehead atoms. The smallest absolute Gasteiger partial charge is 0.233 e. The van der Waals surface area contributed by atoms with Crippen molar-refractivity contribution in [2.45, 2.75) is 13.3 Å². The molecule has 0 saturated heterocycles. The van der Waals surface area contributed by atoms with Gasteiger partial charge in [0.1, 0.15) is 0 Å². The van der Waals surface area contributed by atoms with Gasteiger partial charge in [0.25, 0.3) is 0 Å². The average molecular weight is 198 g/mol. The number of nitrogens with zero attached hydrogens (tertiary/aromatic N) is 1. The normalized spacial score (nSPS) is 18.8. The molecule has 0 spiro atoms. The van der Waals surface area contributed by atoms with Gasteiger partial charge in [-0.15, -0.1) is 0 Å². The van der Waals surface area contributed by atoms with Crippen LogP contribution in [0.15, 0.2) is 12.3 Å². The van der Waals surface area contributed by atoms with Crippen molar-refractivity contribution in [1.82, 2.24) is 4.98 Å². The van der Waals surface area contributed by atoms with Crippen LogP contribution in [0, 0.1) is 6.92 Å². The molecule has 0 saturated carbocycles. The Morgan fingerprint density at radius 3 is 3.08 bits per heavy atom. The lowest BCUT2D eigenvalue weighted by Gasteiger charge is -2.18. The molecule has 13 heavy (non-hydrogen) atoms. The number of fused-ring (bicyclic) bond motifs is 1. The maximum absolute atomic E-state index is 11.2. The van der Waals surface area contributed by atoms with Crippen LogP contribution >= 0.6 is 0 Å². The molecule has 4 nitrogen and oxygen atoms in total. The lowest BCUT2D eigenvalue weighted by Crippen LogP contribution is -2.25. The molecular formula is C8H10N2O2S. The summed E-state index contributed by atoms with van der Waals surface area (Å²) < 4.78 is 25.0. The van der Waals surface area contributed by atoms with Crippen LogP contribution in [0.3, 0.4) is 0 Å². The molecule has 1 aromatic heterocycles. The third-order valence-electron chi connectivity index (χ3n) is 2.10. The van der Waals surface area contributed by atoms with Crippen LogP contribution in [0.4, 0.5) is 5.69 Å². The Labute approximate surface area is 77.1 Å². The van der Waals surface area contributed by atoms with E-state index in [2.05, 4.69) is 9.71 Å². The van der Waals surface area contributed by atoms with E-state index >= 15 is 0 Å². The van der Waals surface area contributed by atoms with Crippen molar-refractivity contribution in [1.29, 1.82) is 0 Å². The minimum absolute atomic E-state index is 0.135. The van der Waals surface area contributed by atoms with E-state index in [1.54, 1.807) is 12.3 Å². The van der Waals surface area contributed by atoms with Gasteiger partial charge in [-0.1, -0.05) is 0 Å². The average Bonchev–Trinajstić information content (AvgIpc) is 2.06. The third kappa shape index (κ3) is 1.51. The molecule has 70 valence electrons. The summed E-state index contributed by atoms with van der Waals surface area (Å²) in [5, 5.41) is 0. The second kappa shape index (κ2) is 2.70. The topological polar surface area (TPSA) is 59.1 Å². The predicted molar refractivity (Wildman–Crippen MR) is 50.1 cm³/mol. The van der Waals surface area contributed by atoms with Gasteiger partial charge in [-0.05, 0) is 18.6 Å². The Hall–Kier alpha value is -1.10. The molecule has 0 aromatic carbocycles. The van der Waals surface area contributed by atoms with E-state index in [4.69, 9.17) is 0 Å². The first-order valence-corrected chi connectivity index (χ1v) is 5.69. The summed E-state index contributed by atoms with van der Waals surface area (Å²) in [6.45, 7) is 1.87. The lowest BCUT2D eigenvalue weighted by atomic mass is 10.2. The Morgan fingerprint density at radius 1 is 1.54 bits per heavy atom. The Bertz CT molecular complexity index is 439. The summed E-state index contributed by atoms with van der Waals surface area (Å²) >= 11 is 0. The largest absolute Gasteiger partial charge is 0.281 e. The predicted octanol–water partition coefficient (Wildman–Crippen LogP) is 0.688. The fourth-order valence-electron chi connectivity index (χ4n) is 1.38. The molecule has 1 aliphatic heterocycles. The number of hydrogen-bond acceptors (Lipinski definition) is 3. The second-order valence-corrected chi connectivity index (χ2v) is 4.96. The van der Waals surface area contributed by atoms with Crippen molar-refractivity contribution in [3.63, 3.8) is 0 Å². The van der Waals surface area contributed by atoms with Crippen LogP contribution in [-0.4, -0.2) is 19.2 Å². The zero-order valence-electron chi connectivity index (χ0n) is 7.24. The summed E-state index contributed by atoms with van der Waals surface area (Å²) in [7, 11) is -3.11. The highest BCUT2D eigenvalue weighted by Crippen LogP contribution is 2.24. The number of rotatable bonds is 0. The number of hydrogen-bond donors (Lipinski definition) is 1. The van der Waals surface area contributed by atoms with Crippen molar-refractivity contribution < 1.29 is 8.42 Å². The van der Waals surface area contributed by atoms with Crippen molar-refractivity contribution in [3.05, 3.63) is 23.5 Å². The van der Waals surface area contributed by atoms with E-state index in [0.29, 0.717) is 12.1 Å². The molecule has 0 radical (unpaired) electrons. The number of aryl methyl sites for hydroxylation is 2. The van der Waals surface area contributed by atoms with Gasteiger partial charge in [-0.3, -0.25) is 9.71 Å². The number of sulfonamides is 1. The van der Waals surface area contributed by atoms with Gasteiger partial charge in [-0.2, -0.15) is 0 Å². The van der Waals surface area contributed by atoms with Gasteiger partial charge in [-0.25, -0.2) is 8.42 Å². The van der Waals surface area contributed by atoms with Gasteiger partial charge >= 0.3 is 0 Å². The van der Waals surface area contributed by atoms with Crippen molar-refractivity contribution in [3.8, 4) is 0 Å². The Balaban J connectivity index is 2.56. The highest BCUT2D eigenvalue weighted by Gasteiger charge is 2.21. The van der Waals surface area contributed by atoms with E-state index in [0.717, 1.165) is 11.3 Å². The standard InChI is InChI=1S/C8H10N2O2S/c1-6-2-4-9-7-3-5-13(11,12)10-8(6)7/h2,4,10H,3,5H2,1H3. The molecule has 0 aliphatic carbocycles. The number of pyridine rings is 1. The summed E-state index contributed by atoms with van der Waals surface area (Å²) in [4.78, 5) is 4.12. The molecule has 0 atom stereocenters. The molecular weight excluding hydrogens is 188 g/mol. The summed E-state index contributed by atoms with van der Waals surface area (Å²) in [6.07, 6.45) is 2.21. The van der Waals surface area contributed by atoms with Crippen LogP contribution in [0.1, 0.15) is 11.3 Å². The van der Waals surface area contributed by atoms with Gasteiger partial charge in [0.2, 0.25) is 10.0 Å². The number of nitrogens with one attached hydrogen (secondary N) is 1. The monoisotopic (exact) mass is 198 g/mol. The summed E-state index contributed by atoms with van der Waals surface area (Å²) in [5.74, 6) is 0.135. The van der Waals surface area contributed by atoms with Gasteiger partial charge in [0.15, 0.2) is 0 Å². The third-order valence-corrected chi connectivity index (χ3v) is 3.36. The van der Waals surface area contributed by atoms with Crippen molar-refractivity contribution >= 4 is 15.7 Å². The lowest BCUT2D eigenvalue weighted by molar-refractivity contribution is 0.598. The van der Waals surface area contributed by atoms with E-state index < -0.39 is 10.0 Å². The number of aromatic nitrogens is 1. The van der Waals surface area contributed by atoms with Crippen LogP contribution in [0.25, 0.3) is 0 Å². The minimum atomic E-state index is -3.11. The molecule has 1 aromatic rings. The number of anilines is 1. The summed E-state index contributed by atoms with van der Waals surface area (Å²) in [6, 6.07) is 1.80. The second-order valence-electron chi connectivity index (χ2n) is 3.12. The Morgan fingerprint density at radius 2 is 2.31 bits per heavy atom. The van der Waals surface area contributed by atoms with Gasteiger partial charge in [0, 0.05) is 12.6 Å². The van der Waals surface area contributed by atoms with Crippen molar-refractivity contribution in [2.24, 2.45) is 0 Å². The van der Waals surface area contributed by atoms with Gasteiger partial charge in [0.05, 0.1) is 17.1 Å². The molecule has 1 aliphatic rings. The first-order valence-electron chi connectivity index (χ1n) is 4.03. The molecule has 0 fully saturated rings. The summed E-state index contributed by atoms with van der Waals surface area (Å²) in [5.41, 5.74) is 2.43. The molecule has 2 rings (SSSR count). The van der Waals surface area contributed by atoms with Crippen LogP contribution in [0.2, 0.25) is 0 Å². The zero-order valence-corrected chi connectivity index (χ0v) is 8.06. The van der Waals surface area contributed by atoms with E-state index in [1.807, 2.05) is 6.92 Å². The SMILES string of the molecule is Cc1ccnc2c1NS(=O)(=O)CC2. The van der Waals surface area contributed by atoms with E-state index in [1.165, 1.54) is 0 Å². The highest BCUT2D eigenvalue weighted by molar-refractivity contribution is 7.92. The fraction of sp³-hybridized carbons (Fsp3) is 0.375. The maximum atomic E-state index is 11.2. The quantitative estimate of drug-likeness (QED) is 0.667. The van der Waals surface area contributed by atoms with Gasteiger partial charge < -0.3 is 0 Å². The highest BCUT2D eigenvalue weighted by atomic mass is 32.2. The zero-order chi connectivity index (χ0) is 9.47. The first-order chi connectivity index (χ1) is 6.08. The first kappa shape index (κ1) is 8.50. The maximum Gasteiger partial charge on any atom is 0.233 e. The van der Waals surface area contributed by atoms with Crippen LogP contribution in [0.5, 0.6) is 0 Å². The minimum Gasteiger partial charge on any atom is -0.281 e. The molecule has 1 N–H and O–H groups in total. The Kier molecular flexibility index (Phi) is 1.76. The van der Waals surface area contributed by atoms with Crippen LogP contribution in [-0.2, 0) is 16.4 Å². The van der Waals surface area contributed by atoms with E-state index in [9.17, 15) is 8.42 Å². The molecule has 2 heterocycles.